The lowest BCUT2D eigenvalue weighted by Crippen LogP contribution is -2.13. The van der Waals surface area contributed by atoms with Crippen LogP contribution >= 0.6 is 0 Å². The Morgan fingerprint density at radius 1 is 1.06 bits per heavy atom. The van der Waals surface area contributed by atoms with E-state index in [1.165, 1.54) is 0 Å². The standard InChI is InChI=1S/C14H14N4/c15-5-6-16-12-9-13-14(18-8-7-17-13)11-4-2-1-3-10(11)12/h1-4,7-9,16H,5-6,15H2. The molecular formula is C14H14N4. The Balaban J connectivity index is 2.32. The Kier molecular flexibility index (Phi) is 2.78. The minimum absolute atomic E-state index is 0.604. The van der Waals surface area contributed by atoms with Crippen LogP contribution in [-0.4, -0.2) is 23.1 Å². The largest absolute Gasteiger partial charge is 0.383 e. The summed E-state index contributed by atoms with van der Waals surface area (Å²) in [6.45, 7) is 1.35. The smallest absolute Gasteiger partial charge is 0.0966 e. The van der Waals surface area contributed by atoms with Crippen LogP contribution in [0.2, 0.25) is 0 Å². The number of benzene rings is 2. The molecule has 0 fully saturated rings. The lowest BCUT2D eigenvalue weighted by atomic mass is 10.1. The zero-order valence-electron chi connectivity index (χ0n) is 9.93. The van der Waals surface area contributed by atoms with E-state index in [-0.39, 0.29) is 0 Å². The van der Waals surface area contributed by atoms with E-state index in [1.807, 2.05) is 18.2 Å². The maximum atomic E-state index is 5.54. The minimum Gasteiger partial charge on any atom is -0.383 e. The molecule has 0 saturated carbocycles. The van der Waals surface area contributed by atoms with Crippen molar-refractivity contribution in [2.75, 3.05) is 18.4 Å². The molecule has 1 heterocycles. The molecule has 0 aliphatic carbocycles. The van der Waals surface area contributed by atoms with Gasteiger partial charge in [-0.05, 0) is 6.07 Å². The molecule has 4 nitrogen and oxygen atoms in total. The summed E-state index contributed by atoms with van der Waals surface area (Å²) >= 11 is 0. The maximum Gasteiger partial charge on any atom is 0.0966 e. The van der Waals surface area contributed by atoms with Gasteiger partial charge in [-0.15, -0.1) is 0 Å². The van der Waals surface area contributed by atoms with Gasteiger partial charge in [0.15, 0.2) is 0 Å². The van der Waals surface area contributed by atoms with Crippen molar-refractivity contribution in [3.05, 3.63) is 42.7 Å². The van der Waals surface area contributed by atoms with Crippen molar-refractivity contribution in [1.82, 2.24) is 9.97 Å². The summed E-state index contributed by atoms with van der Waals surface area (Å²) in [5, 5.41) is 5.60. The third kappa shape index (κ3) is 1.76. The molecule has 4 heteroatoms. The highest BCUT2D eigenvalue weighted by Gasteiger charge is 2.06. The molecule has 90 valence electrons. The first-order valence-electron chi connectivity index (χ1n) is 5.96. The number of nitrogens with two attached hydrogens (primary N) is 1. The molecule has 18 heavy (non-hydrogen) atoms. The van der Waals surface area contributed by atoms with Crippen molar-refractivity contribution in [1.29, 1.82) is 0 Å². The molecule has 0 radical (unpaired) electrons. The van der Waals surface area contributed by atoms with Crippen LogP contribution in [0.15, 0.2) is 42.7 Å². The summed E-state index contributed by atoms with van der Waals surface area (Å²) < 4.78 is 0. The lowest BCUT2D eigenvalue weighted by molar-refractivity contribution is 1.03. The molecule has 0 aliphatic heterocycles. The van der Waals surface area contributed by atoms with Gasteiger partial charge in [0, 0.05) is 41.9 Å². The first kappa shape index (κ1) is 10.9. The van der Waals surface area contributed by atoms with Crippen molar-refractivity contribution in [2.24, 2.45) is 5.73 Å². The Bertz CT molecular complexity index is 694. The number of hydrogen-bond acceptors (Lipinski definition) is 4. The molecule has 0 aliphatic rings. The van der Waals surface area contributed by atoms with Crippen molar-refractivity contribution in [2.45, 2.75) is 0 Å². The highest BCUT2D eigenvalue weighted by Crippen LogP contribution is 2.29. The molecule has 3 N–H and O–H groups in total. The zero-order chi connectivity index (χ0) is 12.4. The van der Waals surface area contributed by atoms with Crippen LogP contribution in [0.25, 0.3) is 21.8 Å². The number of anilines is 1. The van der Waals surface area contributed by atoms with Crippen LogP contribution in [0, 0.1) is 0 Å². The van der Waals surface area contributed by atoms with E-state index in [0.717, 1.165) is 34.0 Å². The fourth-order valence-electron chi connectivity index (χ4n) is 2.15. The Morgan fingerprint density at radius 3 is 2.67 bits per heavy atom. The van der Waals surface area contributed by atoms with E-state index in [0.29, 0.717) is 6.54 Å². The third-order valence-corrected chi connectivity index (χ3v) is 2.94. The van der Waals surface area contributed by atoms with E-state index in [4.69, 9.17) is 5.73 Å². The molecule has 0 spiro atoms. The van der Waals surface area contributed by atoms with Crippen LogP contribution in [0.3, 0.4) is 0 Å². The molecule has 0 unspecified atom stereocenters. The van der Waals surface area contributed by atoms with Gasteiger partial charge in [0.1, 0.15) is 0 Å². The fraction of sp³-hybridized carbons (Fsp3) is 0.143. The van der Waals surface area contributed by atoms with Gasteiger partial charge in [0.2, 0.25) is 0 Å². The fourth-order valence-corrected chi connectivity index (χ4v) is 2.15. The molecule has 0 amide bonds. The number of hydrogen-bond donors (Lipinski definition) is 2. The number of fused-ring (bicyclic) bond motifs is 3. The molecular weight excluding hydrogens is 224 g/mol. The van der Waals surface area contributed by atoms with Crippen molar-refractivity contribution in [3.8, 4) is 0 Å². The minimum atomic E-state index is 0.604. The summed E-state index contributed by atoms with van der Waals surface area (Å²) in [5.41, 5.74) is 8.44. The SMILES string of the molecule is NCCNc1cc2nccnc2c2ccccc12. The summed E-state index contributed by atoms with van der Waals surface area (Å²) in [5.74, 6) is 0. The molecule has 2 aromatic carbocycles. The number of aromatic nitrogens is 2. The second kappa shape index (κ2) is 4.58. The second-order valence-corrected chi connectivity index (χ2v) is 4.11. The van der Waals surface area contributed by atoms with Crippen molar-refractivity contribution < 1.29 is 0 Å². The maximum absolute atomic E-state index is 5.54. The number of rotatable bonds is 3. The first-order valence-corrected chi connectivity index (χ1v) is 5.96. The van der Waals surface area contributed by atoms with Gasteiger partial charge in [0.05, 0.1) is 11.0 Å². The van der Waals surface area contributed by atoms with Gasteiger partial charge in [-0.3, -0.25) is 9.97 Å². The van der Waals surface area contributed by atoms with Gasteiger partial charge in [-0.2, -0.15) is 0 Å². The van der Waals surface area contributed by atoms with Gasteiger partial charge < -0.3 is 11.1 Å². The van der Waals surface area contributed by atoms with E-state index >= 15 is 0 Å². The number of nitrogens with zero attached hydrogens (tertiary/aromatic N) is 2. The average Bonchev–Trinajstić information content (AvgIpc) is 2.45. The normalized spacial score (nSPS) is 10.9. The third-order valence-electron chi connectivity index (χ3n) is 2.94. The summed E-state index contributed by atoms with van der Waals surface area (Å²) in [7, 11) is 0. The van der Waals surface area contributed by atoms with E-state index in [1.54, 1.807) is 12.4 Å². The van der Waals surface area contributed by atoms with Gasteiger partial charge in [-0.25, -0.2) is 0 Å². The summed E-state index contributed by atoms with van der Waals surface area (Å²) in [6, 6.07) is 10.2. The summed E-state index contributed by atoms with van der Waals surface area (Å²) in [4.78, 5) is 8.78. The van der Waals surface area contributed by atoms with E-state index < -0.39 is 0 Å². The van der Waals surface area contributed by atoms with E-state index in [9.17, 15) is 0 Å². The highest BCUT2D eigenvalue weighted by atomic mass is 14.9. The van der Waals surface area contributed by atoms with Gasteiger partial charge >= 0.3 is 0 Å². The predicted molar refractivity (Wildman–Crippen MR) is 74.6 cm³/mol. The number of nitrogens with one attached hydrogen (secondary N) is 1. The summed E-state index contributed by atoms with van der Waals surface area (Å²) in [6.07, 6.45) is 3.44. The molecule has 0 atom stereocenters. The quantitative estimate of drug-likeness (QED) is 0.686. The molecule has 1 aromatic heterocycles. The zero-order valence-corrected chi connectivity index (χ0v) is 9.93. The molecule has 3 aromatic rings. The van der Waals surface area contributed by atoms with E-state index in [2.05, 4.69) is 27.4 Å². The molecule has 0 bridgehead atoms. The predicted octanol–water partition coefficient (Wildman–Crippen LogP) is 2.15. The van der Waals surface area contributed by atoms with Crippen LogP contribution in [0.5, 0.6) is 0 Å². The van der Waals surface area contributed by atoms with Crippen LogP contribution in [-0.2, 0) is 0 Å². The van der Waals surface area contributed by atoms with Crippen molar-refractivity contribution >= 4 is 27.5 Å². The van der Waals surface area contributed by atoms with Crippen LogP contribution in [0.4, 0.5) is 5.69 Å². The Labute approximate surface area is 105 Å². The monoisotopic (exact) mass is 238 g/mol. The van der Waals surface area contributed by atoms with Gasteiger partial charge in [-0.1, -0.05) is 24.3 Å². The lowest BCUT2D eigenvalue weighted by Gasteiger charge is -2.10. The first-order chi connectivity index (χ1) is 8.90. The average molecular weight is 238 g/mol. The van der Waals surface area contributed by atoms with Crippen LogP contribution in [0.1, 0.15) is 0 Å². The Morgan fingerprint density at radius 2 is 1.83 bits per heavy atom. The molecule has 0 saturated heterocycles. The van der Waals surface area contributed by atoms with Crippen LogP contribution < -0.4 is 11.1 Å². The highest BCUT2D eigenvalue weighted by molar-refractivity contribution is 6.09. The van der Waals surface area contributed by atoms with Crippen molar-refractivity contribution in [3.63, 3.8) is 0 Å². The topological polar surface area (TPSA) is 63.8 Å². The second-order valence-electron chi connectivity index (χ2n) is 4.11. The van der Waals surface area contributed by atoms with Gasteiger partial charge in [0.25, 0.3) is 0 Å². The molecule has 3 rings (SSSR count). The Hall–Kier alpha value is -2.20.